The number of imide groups is 1. The fraction of sp³-hybridized carbons (Fsp3) is 0.222. The van der Waals surface area contributed by atoms with Crippen molar-refractivity contribution in [2.45, 2.75) is 19.1 Å². The molecule has 1 heterocycles. The van der Waals surface area contributed by atoms with Gasteiger partial charge in [0.2, 0.25) is 0 Å². The van der Waals surface area contributed by atoms with E-state index in [1.54, 1.807) is 37.3 Å². The second-order valence-corrected chi connectivity index (χ2v) is 5.68. The number of amides is 3. The number of benzene rings is 2. The van der Waals surface area contributed by atoms with Crippen LogP contribution in [0.2, 0.25) is 0 Å². The van der Waals surface area contributed by atoms with E-state index < -0.39 is 24.0 Å². The Kier molecular flexibility index (Phi) is 4.31. The molecule has 3 amide bonds. The van der Waals surface area contributed by atoms with Crippen LogP contribution in [0.15, 0.2) is 54.6 Å². The number of aliphatic hydroxyl groups excluding tert-OH is 1. The third-order valence-corrected chi connectivity index (χ3v) is 4.07. The largest absolute Gasteiger partial charge is 0.387 e. The molecule has 0 saturated carbocycles. The second kappa shape index (κ2) is 6.41. The molecule has 0 aliphatic carbocycles. The normalized spacial score (nSPS) is 19.0. The first-order valence-corrected chi connectivity index (χ1v) is 7.62. The number of rotatable bonds is 4. The molecule has 6 heteroatoms. The van der Waals surface area contributed by atoms with E-state index in [9.17, 15) is 19.1 Å². The van der Waals surface area contributed by atoms with Crippen LogP contribution in [0.4, 0.5) is 14.9 Å². The van der Waals surface area contributed by atoms with Crippen molar-refractivity contribution >= 4 is 17.6 Å². The quantitative estimate of drug-likeness (QED) is 0.878. The van der Waals surface area contributed by atoms with Gasteiger partial charge in [0.1, 0.15) is 11.9 Å². The van der Waals surface area contributed by atoms with Crippen LogP contribution in [0.25, 0.3) is 0 Å². The summed E-state index contributed by atoms with van der Waals surface area (Å²) >= 11 is 0. The number of halogens is 1. The molecule has 1 aliphatic heterocycles. The Hall–Kier alpha value is -2.73. The van der Waals surface area contributed by atoms with Gasteiger partial charge in [0, 0.05) is 5.69 Å². The van der Waals surface area contributed by atoms with Crippen LogP contribution in [0.1, 0.15) is 18.6 Å². The zero-order chi connectivity index (χ0) is 17.3. The van der Waals surface area contributed by atoms with Gasteiger partial charge in [-0.2, -0.15) is 0 Å². The Balaban J connectivity index is 1.81. The molecule has 0 unspecified atom stereocenters. The van der Waals surface area contributed by atoms with Crippen LogP contribution in [0, 0.1) is 5.82 Å². The van der Waals surface area contributed by atoms with E-state index in [0.29, 0.717) is 11.3 Å². The standard InChI is InChI=1S/C18H17FN2O3/c1-12-17(23)20(11-16(22)13-6-5-7-14(19)10-13)18(24)21(12)15-8-3-2-4-9-15/h2-10,12,16,22H,11H2,1H3/t12-,16-/m1/s1. The SMILES string of the molecule is C[C@@H]1C(=O)N(C[C@@H](O)c2cccc(F)c2)C(=O)N1c1ccccc1. The molecule has 1 saturated heterocycles. The van der Waals surface area contributed by atoms with E-state index in [0.717, 1.165) is 4.90 Å². The third-order valence-electron chi connectivity index (χ3n) is 4.07. The van der Waals surface area contributed by atoms with E-state index in [2.05, 4.69) is 0 Å². The summed E-state index contributed by atoms with van der Waals surface area (Å²) in [6.07, 6.45) is -1.14. The van der Waals surface area contributed by atoms with Crippen LogP contribution in [0.5, 0.6) is 0 Å². The molecule has 1 aliphatic rings. The maximum atomic E-state index is 13.3. The van der Waals surface area contributed by atoms with Gasteiger partial charge in [0.05, 0.1) is 12.6 Å². The lowest BCUT2D eigenvalue weighted by Crippen LogP contribution is -2.36. The molecular formula is C18H17FN2O3. The molecule has 0 aromatic heterocycles. The fourth-order valence-electron chi connectivity index (χ4n) is 2.81. The van der Waals surface area contributed by atoms with Crippen LogP contribution in [-0.4, -0.2) is 34.5 Å². The summed E-state index contributed by atoms with van der Waals surface area (Å²) in [5.41, 5.74) is 0.938. The number of hydrogen-bond donors (Lipinski definition) is 1. The highest BCUT2D eigenvalue weighted by atomic mass is 19.1. The van der Waals surface area contributed by atoms with Gasteiger partial charge in [0.25, 0.3) is 5.91 Å². The van der Waals surface area contributed by atoms with Gasteiger partial charge in [-0.25, -0.2) is 9.18 Å². The highest BCUT2D eigenvalue weighted by molar-refractivity contribution is 6.14. The Morgan fingerprint density at radius 3 is 2.50 bits per heavy atom. The molecule has 2 atom stereocenters. The summed E-state index contributed by atoms with van der Waals surface area (Å²) in [6.45, 7) is 1.43. The van der Waals surface area contributed by atoms with Crippen molar-refractivity contribution in [3.05, 3.63) is 66.0 Å². The summed E-state index contributed by atoms with van der Waals surface area (Å²) in [6, 6.07) is 13.2. The Labute approximate surface area is 138 Å². The maximum Gasteiger partial charge on any atom is 0.332 e. The van der Waals surface area contributed by atoms with Crippen LogP contribution < -0.4 is 4.90 Å². The zero-order valence-corrected chi connectivity index (χ0v) is 13.1. The lowest BCUT2D eigenvalue weighted by atomic mass is 10.1. The monoisotopic (exact) mass is 328 g/mol. The van der Waals surface area contributed by atoms with Crippen molar-refractivity contribution in [1.29, 1.82) is 0 Å². The first-order valence-electron chi connectivity index (χ1n) is 7.62. The van der Waals surface area contributed by atoms with Crippen molar-refractivity contribution in [3.8, 4) is 0 Å². The topological polar surface area (TPSA) is 60.9 Å². The molecule has 3 rings (SSSR count). The summed E-state index contributed by atoms with van der Waals surface area (Å²) in [4.78, 5) is 27.4. The van der Waals surface area contributed by atoms with E-state index in [1.807, 2.05) is 6.07 Å². The van der Waals surface area contributed by atoms with Gasteiger partial charge in [-0.1, -0.05) is 30.3 Å². The van der Waals surface area contributed by atoms with Crippen molar-refractivity contribution in [2.24, 2.45) is 0 Å². The maximum absolute atomic E-state index is 13.3. The Morgan fingerprint density at radius 2 is 1.83 bits per heavy atom. The second-order valence-electron chi connectivity index (χ2n) is 5.68. The molecule has 5 nitrogen and oxygen atoms in total. The summed E-state index contributed by atoms with van der Waals surface area (Å²) in [5.74, 6) is -0.871. The minimum Gasteiger partial charge on any atom is -0.387 e. The lowest BCUT2D eigenvalue weighted by molar-refractivity contribution is -0.127. The van der Waals surface area contributed by atoms with Gasteiger partial charge in [-0.3, -0.25) is 14.6 Å². The highest BCUT2D eigenvalue weighted by Gasteiger charge is 2.43. The van der Waals surface area contributed by atoms with Crippen LogP contribution in [-0.2, 0) is 4.79 Å². The summed E-state index contributed by atoms with van der Waals surface area (Å²) < 4.78 is 13.3. The molecule has 1 N–H and O–H groups in total. The first-order chi connectivity index (χ1) is 11.5. The van der Waals surface area contributed by atoms with Gasteiger partial charge in [-0.05, 0) is 36.8 Å². The number of urea groups is 1. The van der Waals surface area contributed by atoms with Gasteiger partial charge < -0.3 is 5.11 Å². The molecule has 1 fully saturated rings. The summed E-state index contributed by atoms with van der Waals surface area (Å²) in [7, 11) is 0. The minimum atomic E-state index is -1.14. The molecule has 0 bridgehead atoms. The van der Waals surface area contributed by atoms with Gasteiger partial charge in [-0.15, -0.1) is 0 Å². The van der Waals surface area contributed by atoms with Crippen LogP contribution in [0.3, 0.4) is 0 Å². The van der Waals surface area contributed by atoms with Crippen molar-refractivity contribution in [1.82, 2.24) is 4.90 Å². The molecule has 124 valence electrons. The van der Waals surface area contributed by atoms with E-state index in [4.69, 9.17) is 0 Å². The lowest BCUT2D eigenvalue weighted by Gasteiger charge is -2.20. The number of para-hydroxylation sites is 1. The Bertz CT molecular complexity index is 766. The number of nitrogens with zero attached hydrogens (tertiary/aromatic N) is 2. The van der Waals surface area contributed by atoms with Crippen molar-refractivity contribution in [2.75, 3.05) is 11.4 Å². The van der Waals surface area contributed by atoms with Crippen molar-refractivity contribution in [3.63, 3.8) is 0 Å². The number of β-amino-alcohol motifs (C(OH)–C–C–N with tert-alkyl or cyclic N) is 1. The molecule has 0 radical (unpaired) electrons. The molecular weight excluding hydrogens is 311 g/mol. The number of carbonyl (C=O) groups excluding carboxylic acids is 2. The molecule has 24 heavy (non-hydrogen) atoms. The smallest absolute Gasteiger partial charge is 0.332 e. The minimum absolute atomic E-state index is 0.213. The van der Waals surface area contributed by atoms with E-state index >= 15 is 0 Å². The zero-order valence-electron chi connectivity index (χ0n) is 13.1. The average Bonchev–Trinajstić information content (AvgIpc) is 2.79. The Morgan fingerprint density at radius 1 is 1.12 bits per heavy atom. The molecule has 2 aromatic rings. The number of anilines is 1. The molecule has 0 spiro atoms. The van der Waals surface area contributed by atoms with Gasteiger partial charge in [0.15, 0.2) is 0 Å². The predicted octanol–water partition coefficient (Wildman–Crippen LogP) is 2.72. The predicted molar refractivity (Wildman–Crippen MR) is 86.9 cm³/mol. The molecule has 2 aromatic carbocycles. The van der Waals surface area contributed by atoms with E-state index in [1.165, 1.54) is 23.1 Å². The number of aliphatic hydroxyl groups is 1. The number of carbonyl (C=O) groups is 2. The third kappa shape index (κ3) is 2.88. The van der Waals surface area contributed by atoms with E-state index in [-0.39, 0.29) is 12.5 Å². The average molecular weight is 328 g/mol. The fourth-order valence-corrected chi connectivity index (χ4v) is 2.81. The number of hydrogen-bond acceptors (Lipinski definition) is 3. The van der Waals surface area contributed by atoms with Crippen molar-refractivity contribution < 1.29 is 19.1 Å². The highest BCUT2D eigenvalue weighted by Crippen LogP contribution is 2.27. The summed E-state index contributed by atoms with van der Waals surface area (Å²) in [5, 5.41) is 10.3. The first kappa shape index (κ1) is 16.1. The van der Waals surface area contributed by atoms with Crippen LogP contribution >= 0.6 is 0 Å². The van der Waals surface area contributed by atoms with Gasteiger partial charge >= 0.3 is 6.03 Å².